The van der Waals surface area contributed by atoms with E-state index >= 15 is 0 Å². The van der Waals surface area contributed by atoms with Crippen LogP contribution in [0.5, 0.6) is 0 Å². The van der Waals surface area contributed by atoms with E-state index in [2.05, 4.69) is 15.2 Å². The fraction of sp³-hybridized carbons (Fsp3) is 0.368. The Morgan fingerprint density at radius 3 is 2.77 bits per heavy atom. The number of amides is 1. The number of carbonyl (C=O) groups is 1. The minimum atomic E-state index is 0.0351. The Morgan fingerprint density at radius 2 is 2.04 bits per heavy atom. The fourth-order valence-electron chi connectivity index (χ4n) is 2.96. The standard InChI is InChI=1S/C19H23ClN4O2/c1-26-12-7-22-18-13-15(5-6-21-18)19(25)24-10-8-23(9-11-24)17-4-2-3-16(20)14-17/h2-6,13-14H,7-12H2,1H3,(H,21,22). The summed E-state index contributed by atoms with van der Waals surface area (Å²) in [5, 5.41) is 3.88. The van der Waals surface area contributed by atoms with E-state index < -0.39 is 0 Å². The van der Waals surface area contributed by atoms with Crippen molar-refractivity contribution >= 4 is 29.0 Å². The van der Waals surface area contributed by atoms with Crippen LogP contribution in [0.1, 0.15) is 10.4 Å². The summed E-state index contributed by atoms with van der Waals surface area (Å²) in [6.45, 7) is 4.18. The molecule has 7 heteroatoms. The van der Waals surface area contributed by atoms with E-state index in [9.17, 15) is 4.79 Å². The van der Waals surface area contributed by atoms with Gasteiger partial charge in [0.2, 0.25) is 0 Å². The van der Waals surface area contributed by atoms with Gasteiger partial charge in [-0.1, -0.05) is 17.7 Å². The molecule has 3 rings (SSSR count). The minimum absolute atomic E-state index is 0.0351. The van der Waals surface area contributed by atoms with Crippen molar-refractivity contribution in [3.05, 3.63) is 53.2 Å². The van der Waals surface area contributed by atoms with Crippen molar-refractivity contribution in [1.29, 1.82) is 0 Å². The first-order chi connectivity index (χ1) is 12.7. The van der Waals surface area contributed by atoms with Crippen LogP contribution < -0.4 is 10.2 Å². The highest BCUT2D eigenvalue weighted by Gasteiger charge is 2.22. The third-order valence-electron chi connectivity index (χ3n) is 4.36. The van der Waals surface area contributed by atoms with Crippen LogP contribution in [0.25, 0.3) is 0 Å². The number of ether oxygens (including phenoxy) is 1. The molecule has 0 saturated carbocycles. The summed E-state index contributed by atoms with van der Waals surface area (Å²) in [7, 11) is 1.65. The molecule has 0 radical (unpaired) electrons. The van der Waals surface area contributed by atoms with Gasteiger partial charge in [-0.25, -0.2) is 4.98 Å². The Kier molecular flexibility index (Phi) is 6.30. The molecule has 0 spiro atoms. The van der Waals surface area contributed by atoms with Crippen LogP contribution in [0.15, 0.2) is 42.6 Å². The van der Waals surface area contributed by atoms with E-state index in [1.54, 1.807) is 25.4 Å². The van der Waals surface area contributed by atoms with E-state index in [1.807, 2.05) is 29.2 Å². The first kappa shape index (κ1) is 18.5. The zero-order valence-electron chi connectivity index (χ0n) is 14.8. The quantitative estimate of drug-likeness (QED) is 0.788. The van der Waals surface area contributed by atoms with E-state index in [1.165, 1.54) is 0 Å². The van der Waals surface area contributed by atoms with Crippen LogP contribution in [-0.4, -0.2) is 62.2 Å². The van der Waals surface area contributed by atoms with Crippen LogP contribution >= 0.6 is 11.6 Å². The Morgan fingerprint density at radius 1 is 1.23 bits per heavy atom. The molecule has 0 unspecified atom stereocenters. The highest BCUT2D eigenvalue weighted by atomic mass is 35.5. The predicted octanol–water partition coefficient (Wildman–Crippen LogP) is 2.76. The molecule has 0 bridgehead atoms. The highest BCUT2D eigenvalue weighted by molar-refractivity contribution is 6.30. The lowest BCUT2D eigenvalue weighted by Gasteiger charge is -2.36. The van der Waals surface area contributed by atoms with Crippen molar-refractivity contribution in [2.45, 2.75) is 0 Å². The Labute approximate surface area is 158 Å². The number of anilines is 2. The van der Waals surface area contributed by atoms with Crippen LogP contribution in [0, 0.1) is 0 Å². The lowest BCUT2D eigenvalue weighted by Crippen LogP contribution is -2.48. The van der Waals surface area contributed by atoms with Crippen LogP contribution in [0.4, 0.5) is 11.5 Å². The average molecular weight is 375 g/mol. The molecule has 1 fully saturated rings. The fourth-order valence-corrected chi connectivity index (χ4v) is 3.15. The zero-order chi connectivity index (χ0) is 18.4. The van der Waals surface area contributed by atoms with Gasteiger partial charge in [-0.05, 0) is 30.3 Å². The summed E-state index contributed by atoms with van der Waals surface area (Å²) in [4.78, 5) is 21.2. The largest absolute Gasteiger partial charge is 0.383 e. The number of nitrogens with zero attached hydrogens (tertiary/aromatic N) is 3. The molecule has 26 heavy (non-hydrogen) atoms. The summed E-state index contributed by atoms with van der Waals surface area (Å²) < 4.78 is 5.01. The Bertz CT molecular complexity index is 748. The first-order valence-electron chi connectivity index (χ1n) is 8.66. The summed E-state index contributed by atoms with van der Waals surface area (Å²) >= 11 is 6.07. The van der Waals surface area contributed by atoms with E-state index in [0.717, 1.165) is 23.8 Å². The summed E-state index contributed by atoms with van der Waals surface area (Å²) in [5.74, 6) is 0.721. The van der Waals surface area contributed by atoms with Crippen LogP contribution in [0.3, 0.4) is 0 Å². The van der Waals surface area contributed by atoms with E-state index in [0.29, 0.717) is 37.6 Å². The second-order valence-corrected chi connectivity index (χ2v) is 6.54. The number of nitrogens with one attached hydrogen (secondary N) is 1. The van der Waals surface area contributed by atoms with Crippen LogP contribution in [-0.2, 0) is 4.74 Å². The molecular formula is C19H23ClN4O2. The number of hydrogen-bond donors (Lipinski definition) is 1. The molecule has 1 amide bonds. The van der Waals surface area contributed by atoms with Gasteiger partial charge in [0, 0.05) is 62.3 Å². The molecule has 1 N–H and O–H groups in total. The highest BCUT2D eigenvalue weighted by Crippen LogP contribution is 2.21. The molecule has 6 nitrogen and oxygen atoms in total. The molecule has 1 aliphatic heterocycles. The molecule has 1 aromatic carbocycles. The molecule has 1 saturated heterocycles. The van der Waals surface area contributed by atoms with Crippen molar-refractivity contribution in [1.82, 2.24) is 9.88 Å². The van der Waals surface area contributed by atoms with Gasteiger partial charge in [0.15, 0.2) is 0 Å². The number of benzene rings is 1. The maximum atomic E-state index is 12.8. The van der Waals surface area contributed by atoms with Crippen molar-refractivity contribution < 1.29 is 9.53 Å². The van der Waals surface area contributed by atoms with Gasteiger partial charge in [0.05, 0.1) is 6.61 Å². The second kappa shape index (κ2) is 8.87. The number of halogens is 1. The van der Waals surface area contributed by atoms with Gasteiger partial charge in [0.1, 0.15) is 5.82 Å². The lowest BCUT2D eigenvalue weighted by atomic mass is 10.2. The van der Waals surface area contributed by atoms with Crippen molar-refractivity contribution in [3.63, 3.8) is 0 Å². The number of aromatic nitrogens is 1. The first-order valence-corrected chi connectivity index (χ1v) is 9.04. The molecule has 0 aliphatic carbocycles. The monoisotopic (exact) mass is 374 g/mol. The molecular weight excluding hydrogens is 352 g/mol. The third kappa shape index (κ3) is 4.65. The Balaban J connectivity index is 1.59. The third-order valence-corrected chi connectivity index (χ3v) is 4.59. The molecule has 2 aromatic rings. The average Bonchev–Trinajstić information content (AvgIpc) is 2.68. The minimum Gasteiger partial charge on any atom is -0.383 e. The molecule has 138 valence electrons. The summed E-state index contributed by atoms with van der Waals surface area (Å²) in [6, 6.07) is 11.4. The number of piperazine rings is 1. The van der Waals surface area contributed by atoms with E-state index in [-0.39, 0.29) is 5.91 Å². The Hall–Kier alpha value is -2.31. The normalized spacial score (nSPS) is 14.4. The molecule has 1 aromatic heterocycles. The van der Waals surface area contributed by atoms with Gasteiger partial charge < -0.3 is 19.9 Å². The maximum absolute atomic E-state index is 12.8. The van der Waals surface area contributed by atoms with E-state index in [4.69, 9.17) is 16.3 Å². The second-order valence-electron chi connectivity index (χ2n) is 6.11. The molecule has 1 aliphatic rings. The number of rotatable bonds is 6. The SMILES string of the molecule is COCCNc1cc(C(=O)N2CCN(c3cccc(Cl)c3)CC2)ccn1. The van der Waals surface area contributed by atoms with Crippen LogP contribution in [0.2, 0.25) is 5.02 Å². The lowest BCUT2D eigenvalue weighted by molar-refractivity contribution is 0.0746. The smallest absolute Gasteiger partial charge is 0.254 e. The molecule has 0 atom stereocenters. The number of methoxy groups -OCH3 is 1. The number of hydrogen-bond acceptors (Lipinski definition) is 5. The number of pyridine rings is 1. The summed E-state index contributed by atoms with van der Waals surface area (Å²) in [5.41, 5.74) is 1.74. The van der Waals surface area contributed by atoms with Gasteiger partial charge >= 0.3 is 0 Å². The van der Waals surface area contributed by atoms with Gasteiger partial charge in [-0.2, -0.15) is 0 Å². The van der Waals surface area contributed by atoms with Gasteiger partial charge in [-0.3, -0.25) is 4.79 Å². The van der Waals surface area contributed by atoms with Gasteiger partial charge in [0.25, 0.3) is 5.91 Å². The van der Waals surface area contributed by atoms with Gasteiger partial charge in [-0.15, -0.1) is 0 Å². The van der Waals surface area contributed by atoms with Crippen molar-refractivity contribution in [3.8, 4) is 0 Å². The van der Waals surface area contributed by atoms with Crippen molar-refractivity contribution in [2.24, 2.45) is 0 Å². The van der Waals surface area contributed by atoms with Crippen molar-refractivity contribution in [2.75, 3.05) is 56.7 Å². The predicted molar refractivity (Wildman–Crippen MR) is 104 cm³/mol. The number of carbonyl (C=O) groups excluding carboxylic acids is 1. The topological polar surface area (TPSA) is 57.7 Å². The molecule has 2 heterocycles. The zero-order valence-corrected chi connectivity index (χ0v) is 15.6. The maximum Gasteiger partial charge on any atom is 0.254 e. The summed E-state index contributed by atoms with van der Waals surface area (Å²) in [6.07, 6.45) is 1.66.